The van der Waals surface area contributed by atoms with E-state index in [1.807, 2.05) is 4.57 Å². The maximum atomic E-state index is 11.2. The van der Waals surface area contributed by atoms with Crippen molar-refractivity contribution in [1.82, 2.24) is 9.55 Å². The van der Waals surface area contributed by atoms with E-state index in [9.17, 15) is 4.79 Å². The standard InChI is InChI=1S/C12H19N3O2/c1-7(2)5-10-14-11(12(16)17)9-6-8(13)3-4-15(9)10/h7-8H,3-6,13H2,1-2H3,(H,16,17). The van der Waals surface area contributed by atoms with Gasteiger partial charge in [-0.25, -0.2) is 9.78 Å². The SMILES string of the molecule is CC(C)Cc1nc(C(=O)O)c2n1CCC(N)C2. The van der Waals surface area contributed by atoms with E-state index in [0.717, 1.165) is 30.9 Å². The molecule has 0 bridgehead atoms. The number of imidazole rings is 1. The summed E-state index contributed by atoms with van der Waals surface area (Å²) in [7, 11) is 0. The molecule has 0 saturated carbocycles. The van der Waals surface area contributed by atoms with Gasteiger partial charge in [-0.3, -0.25) is 0 Å². The minimum Gasteiger partial charge on any atom is -0.476 e. The molecule has 1 aliphatic rings. The first-order valence-electron chi connectivity index (χ1n) is 6.06. The normalized spacial score (nSPS) is 19.4. The highest BCUT2D eigenvalue weighted by Crippen LogP contribution is 2.22. The van der Waals surface area contributed by atoms with E-state index in [1.54, 1.807) is 0 Å². The van der Waals surface area contributed by atoms with Gasteiger partial charge < -0.3 is 15.4 Å². The molecule has 0 fully saturated rings. The van der Waals surface area contributed by atoms with Gasteiger partial charge in [0.05, 0.1) is 5.69 Å². The van der Waals surface area contributed by atoms with E-state index >= 15 is 0 Å². The monoisotopic (exact) mass is 237 g/mol. The molecule has 0 saturated heterocycles. The molecule has 2 heterocycles. The molecule has 1 aliphatic heterocycles. The smallest absolute Gasteiger partial charge is 0.356 e. The highest BCUT2D eigenvalue weighted by Gasteiger charge is 2.26. The van der Waals surface area contributed by atoms with Crippen LogP contribution >= 0.6 is 0 Å². The third-order valence-electron chi connectivity index (χ3n) is 3.12. The summed E-state index contributed by atoms with van der Waals surface area (Å²) in [5.41, 5.74) is 6.88. The molecule has 1 unspecified atom stereocenters. The van der Waals surface area contributed by atoms with Crippen molar-refractivity contribution < 1.29 is 9.90 Å². The zero-order valence-corrected chi connectivity index (χ0v) is 10.3. The third-order valence-corrected chi connectivity index (χ3v) is 3.12. The van der Waals surface area contributed by atoms with Gasteiger partial charge >= 0.3 is 5.97 Å². The number of carboxylic acids is 1. The Bertz CT molecular complexity index is 437. The second-order valence-corrected chi connectivity index (χ2v) is 5.13. The first-order chi connectivity index (χ1) is 7.99. The summed E-state index contributed by atoms with van der Waals surface area (Å²) in [6.07, 6.45) is 2.33. The number of aromatic nitrogens is 2. The number of aromatic carboxylic acids is 1. The number of hydrogen-bond acceptors (Lipinski definition) is 3. The number of fused-ring (bicyclic) bond motifs is 1. The lowest BCUT2D eigenvalue weighted by Gasteiger charge is -2.22. The Morgan fingerprint density at radius 2 is 2.35 bits per heavy atom. The van der Waals surface area contributed by atoms with Crippen molar-refractivity contribution in [3.8, 4) is 0 Å². The summed E-state index contributed by atoms with van der Waals surface area (Å²) in [5, 5.41) is 9.16. The Morgan fingerprint density at radius 3 is 2.94 bits per heavy atom. The second kappa shape index (κ2) is 4.49. The van der Waals surface area contributed by atoms with Gasteiger partial charge in [-0.1, -0.05) is 13.8 Å². The van der Waals surface area contributed by atoms with Gasteiger partial charge in [0.2, 0.25) is 0 Å². The summed E-state index contributed by atoms with van der Waals surface area (Å²) in [6.45, 7) is 5.01. The van der Waals surface area contributed by atoms with E-state index in [-0.39, 0.29) is 11.7 Å². The van der Waals surface area contributed by atoms with Crippen LogP contribution < -0.4 is 5.73 Å². The van der Waals surface area contributed by atoms with Gasteiger partial charge in [0.25, 0.3) is 0 Å². The number of hydrogen-bond donors (Lipinski definition) is 2. The summed E-state index contributed by atoms with van der Waals surface area (Å²) >= 11 is 0. The fourth-order valence-electron chi connectivity index (χ4n) is 2.35. The molecule has 1 atom stereocenters. The molecule has 0 aliphatic carbocycles. The lowest BCUT2D eigenvalue weighted by molar-refractivity contribution is 0.0689. The van der Waals surface area contributed by atoms with Crippen LogP contribution in [0.25, 0.3) is 0 Å². The molecule has 94 valence electrons. The van der Waals surface area contributed by atoms with Crippen molar-refractivity contribution in [2.75, 3.05) is 0 Å². The van der Waals surface area contributed by atoms with E-state index in [2.05, 4.69) is 18.8 Å². The van der Waals surface area contributed by atoms with Gasteiger partial charge in [-0.05, 0) is 12.3 Å². The van der Waals surface area contributed by atoms with Crippen molar-refractivity contribution in [3.05, 3.63) is 17.2 Å². The zero-order chi connectivity index (χ0) is 12.6. The van der Waals surface area contributed by atoms with E-state index in [0.29, 0.717) is 12.3 Å². The van der Waals surface area contributed by atoms with Crippen LogP contribution in [0.1, 0.15) is 42.3 Å². The number of nitrogens with zero attached hydrogens (tertiary/aromatic N) is 2. The quantitative estimate of drug-likeness (QED) is 0.823. The summed E-state index contributed by atoms with van der Waals surface area (Å²) < 4.78 is 2.05. The minimum atomic E-state index is -0.946. The van der Waals surface area contributed by atoms with Gasteiger partial charge in [0.1, 0.15) is 5.82 Å². The zero-order valence-electron chi connectivity index (χ0n) is 10.3. The maximum Gasteiger partial charge on any atom is 0.356 e. The largest absolute Gasteiger partial charge is 0.476 e. The first kappa shape index (κ1) is 12.1. The Kier molecular flexibility index (Phi) is 3.19. The van der Waals surface area contributed by atoms with Crippen LogP contribution in [-0.4, -0.2) is 26.7 Å². The molecular weight excluding hydrogens is 218 g/mol. The first-order valence-corrected chi connectivity index (χ1v) is 6.06. The lowest BCUT2D eigenvalue weighted by Crippen LogP contribution is -2.32. The van der Waals surface area contributed by atoms with Crippen LogP contribution in [0.4, 0.5) is 0 Å². The molecule has 5 heteroatoms. The van der Waals surface area contributed by atoms with Crippen LogP contribution in [0, 0.1) is 5.92 Å². The van der Waals surface area contributed by atoms with Crippen LogP contribution in [0.5, 0.6) is 0 Å². The molecule has 17 heavy (non-hydrogen) atoms. The number of nitrogens with two attached hydrogens (primary N) is 1. The molecule has 1 aromatic rings. The highest BCUT2D eigenvalue weighted by molar-refractivity contribution is 5.87. The molecule has 1 aromatic heterocycles. The minimum absolute atomic E-state index is 0.0594. The Labute approximate surface area is 101 Å². The number of carboxylic acid groups (broad SMARTS) is 1. The maximum absolute atomic E-state index is 11.2. The van der Waals surface area contributed by atoms with Gasteiger partial charge in [-0.2, -0.15) is 0 Å². The van der Waals surface area contributed by atoms with E-state index < -0.39 is 5.97 Å². The van der Waals surface area contributed by atoms with E-state index in [1.165, 1.54) is 0 Å². The number of carbonyl (C=O) groups is 1. The molecule has 2 rings (SSSR count). The average molecular weight is 237 g/mol. The molecule has 0 amide bonds. The molecule has 5 nitrogen and oxygen atoms in total. The molecule has 0 spiro atoms. The van der Waals surface area contributed by atoms with Crippen LogP contribution in [0.3, 0.4) is 0 Å². The van der Waals surface area contributed by atoms with Crippen molar-refractivity contribution >= 4 is 5.97 Å². The van der Waals surface area contributed by atoms with Crippen molar-refractivity contribution in [3.63, 3.8) is 0 Å². The lowest BCUT2D eigenvalue weighted by atomic mass is 10.0. The summed E-state index contributed by atoms with van der Waals surface area (Å²) in [6, 6.07) is 0.0594. The Morgan fingerprint density at radius 1 is 1.65 bits per heavy atom. The third kappa shape index (κ3) is 2.34. The molecule has 0 radical (unpaired) electrons. The Hall–Kier alpha value is -1.36. The second-order valence-electron chi connectivity index (χ2n) is 5.13. The van der Waals surface area contributed by atoms with Gasteiger partial charge in [0, 0.05) is 25.4 Å². The van der Waals surface area contributed by atoms with Gasteiger partial charge in [-0.15, -0.1) is 0 Å². The predicted octanol–water partition coefficient (Wildman–Crippen LogP) is 1.05. The summed E-state index contributed by atoms with van der Waals surface area (Å²) in [5.74, 6) is 0.413. The summed E-state index contributed by atoms with van der Waals surface area (Å²) in [4.78, 5) is 15.4. The fraction of sp³-hybridized carbons (Fsp3) is 0.667. The van der Waals surface area contributed by atoms with Crippen molar-refractivity contribution in [2.24, 2.45) is 11.7 Å². The van der Waals surface area contributed by atoms with Crippen molar-refractivity contribution in [1.29, 1.82) is 0 Å². The van der Waals surface area contributed by atoms with Gasteiger partial charge in [0.15, 0.2) is 5.69 Å². The van der Waals surface area contributed by atoms with Crippen LogP contribution in [0.15, 0.2) is 0 Å². The topological polar surface area (TPSA) is 81.1 Å². The average Bonchev–Trinajstić information content (AvgIpc) is 2.55. The molecule has 0 aromatic carbocycles. The molecular formula is C12H19N3O2. The predicted molar refractivity (Wildman–Crippen MR) is 64.0 cm³/mol. The van der Waals surface area contributed by atoms with Crippen LogP contribution in [-0.2, 0) is 19.4 Å². The molecule has 3 N–H and O–H groups in total. The number of rotatable bonds is 3. The highest BCUT2D eigenvalue weighted by atomic mass is 16.4. The Balaban J connectivity index is 2.42. The van der Waals surface area contributed by atoms with E-state index in [4.69, 9.17) is 10.8 Å². The fourth-order valence-corrected chi connectivity index (χ4v) is 2.35. The van der Waals surface area contributed by atoms with Crippen LogP contribution in [0.2, 0.25) is 0 Å². The van der Waals surface area contributed by atoms with Crippen molar-refractivity contribution in [2.45, 2.75) is 45.7 Å².